The third-order valence-electron chi connectivity index (χ3n) is 6.15. The Labute approximate surface area is 128 Å². The zero-order valence-corrected chi connectivity index (χ0v) is 13.0. The Bertz CT molecular complexity index is 785. The number of rotatable bonds is 1. The van der Waals surface area contributed by atoms with E-state index in [0.29, 0.717) is 11.6 Å². The highest BCUT2D eigenvalue weighted by Crippen LogP contribution is 2.67. The first-order valence-electron chi connectivity index (χ1n) is 7.68. The Kier molecular flexibility index (Phi) is 2.58. The van der Waals surface area contributed by atoms with Crippen molar-refractivity contribution >= 4 is 0 Å². The van der Waals surface area contributed by atoms with Crippen LogP contribution in [0.3, 0.4) is 0 Å². The molecule has 0 N–H and O–H groups in total. The highest BCUT2D eigenvalue weighted by Gasteiger charge is 2.60. The van der Waals surface area contributed by atoms with Gasteiger partial charge in [-0.3, -0.25) is 0 Å². The fraction of sp³-hybridized carbons (Fsp3) is 0.444. The summed E-state index contributed by atoms with van der Waals surface area (Å²) in [6, 6.07) is 5.35. The van der Waals surface area contributed by atoms with Crippen molar-refractivity contribution in [1.82, 2.24) is 10.2 Å². The van der Waals surface area contributed by atoms with Crippen LogP contribution in [0.2, 0.25) is 0 Å². The van der Waals surface area contributed by atoms with E-state index in [1.807, 2.05) is 6.07 Å². The van der Waals surface area contributed by atoms with E-state index in [2.05, 4.69) is 31.0 Å². The van der Waals surface area contributed by atoms with E-state index in [4.69, 9.17) is 0 Å². The van der Waals surface area contributed by atoms with Crippen LogP contribution in [0.5, 0.6) is 0 Å². The quantitative estimate of drug-likeness (QED) is 0.769. The predicted molar refractivity (Wildman–Crippen MR) is 80.5 cm³/mol. The molecule has 2 unspecified atom stereocenters. The van der Waals surface area contributed by atoms with Gasteiger partial charge in [-0.15, -0.1) is 0 Å². The molecular formula is C18H18F2N2. The van der Waals surface area contributed by atoms with Gasteiger partial charge in [0.15, 0.2) is 0 Å². The van der Waals surface area contributed by atoms with Crippen LogP contribution in [0.1, 0.15) is 50.8 Å². The van der Waals surface area contributed by atoms with Crippen LogP contribution in [0, 0.1) is 17.0 Å². The molecule has 2 aliphatic carbocycles. The van der Waals surface area contributed by atoms with Gasteiger partial charge in [-0.1, -0.05) is 20.8 Å². The number of hydrogen-bond donors (Lipinski definition) is 0. The van der Waals surface area contributed by atoms with Crippen LogP contribution >= 0.6 is 0 Å². The summed E-state index contributed by atoms with van der Waals surface area (Å²) in [4.78, 5) is 0. The molecule has 2 aromatic rings. The zero-order chi connectivity index (χ0) is 15.7. The maximum Gasteiger partial charge on any atom is 0.132 e. The van der Waals surface area contributed by atoms with E-state index < -0.39 is 11.6 Å². The van der Waals surface area contributed by atoms with Gasteiger partial charge in [0.1, 0.15) is 11.6 Å². The molecule has 22 heavy (non-hydrogen) atoms. The average Bonchev–Trinajstić information content (AvgIpc) is 2.81. The maximum atomic E-state index is 14.0. The molecule has 1 fully saturated rings. The largest absolute Gasteiger partial charge is 0.207 e. The monoisotopic (exact) mass is 300 g/mol. The van der Waals surface area contributed by atoms with Gasteiger partial charge in [0.2, 0.25) is 0 Å². The van der Waals surface area contributed by atoms with Crippen molar-refractivity contribution < 1.29 is 8.78 Å². The second-order valence-electron chi connectivity index (χ2n) is 7.30. The summed E-state index contributed by atoms with van der Waals surface area (Å²) in [6.45, 7) is 6.79. The molecule has 1 saturated carbocycles. The highest BCUT2D eigenvalue weighted by atomic mass is 19.1. The molecule has 1 aromatic carbocycles. The minimum atomic E-state index is -0.468. The van der Waals surface area contributed by atoms with E-state index in [-0.39, 0.29) is 16.4 Å². The lowest BCUT2D eigenvalue weighted by molar-refractivity contribution is 0.226. The zero-order valence-electron chi connectivity index (χ0n) is 13.0. The molecule has 0 saturated heterocycles. The van der Waals surface area contributed by atoms with Gasteiger partial charge in [0.05, 0.1) is 11.4 Å². The first-order chi connectivity index (χ1) is 10.3. The van der Waals surface area contributed by atoms with Crippen molar-refractivity contribution in [3.8, 4) is 11.3 Å². The number of hydrogen-bond acceptors (Lipinski definition) is 2. The lowest BCUT2D eigenvalue weighted by Crippen LogP contribution is -2.32. The van der Waals surface area contributed by atoms with Gasteiger partial charge in [0.25, 0.3) is 0 Å². The topological polar surface area (TPSA) is 25.8 Å². The summed E-state index contributed by atoms with van der Waals surface area (Å²) in [5.41, 5.74) is 2.95. The molecule has 2 atom stereocenters. The number of benzene rings is 1. The van der Waals surface area contributed by atoms with E-state index in [1.165, 1.54) is 6.07 Å². The van der Waals surface area contributed by atoms with Crippen molar-refractivity contribution in [2.24, 2.45) is 5.41 Å². The molecule has 4 rings (SSSR count). The summed E-state index contributed by atoms with van der Waals surface area (Å²) in [6.07, 6.45) is 2.23. The van der Waals surface area contributed by atoms with Crippen LogP contribution in [0.4, 0.5) is 8.78 Å². The molecule has 2 aliphatic rings. The van der Waals surface area contributed by atoms with Gasteiger partial charge in [-0.05, 0) is 54.0 Å². The Hall–Kier alpha value is -1.84. The van der Waals surface area contributed by atoms with Crippen molar-refractivity contribution in [3.05, 3.63) is 47.2 Å². The average molecular weight is 300 g/mol. The third-order valence-corrected chi connectivity index (χ3v) is 6.15. The predicted octanol–water partition coefficient (Wildman–Crippen LogP) is 4.60. The molecule has 1 heterocycles. The number of aromatic nitrogens is 2. The molecular weight excluding hydrogens is 282 g/mol. The molecule has 0 amide bonds. The fourth-order valence-electron chi connectivity index (χ4n) is 4.39. The second-order valence-corrected chi connectivity index (χ2v) is 7.30. The van der Waals surface area contributed by atoms with Gasteiger partial charge < -0.3 is 0 Å². The summed E-state index contributed by atoms with van der Waals surface area (Å²) in [7, 11) is 0. The Balaban J connectivity index is 1.89. The lowest BCUT2D eigenvalue weighted by Gasteiger charge is -2.33. The van der Waals surface area contributed by atoms with Crippen molar-refractivity contribution in [1.29, 1.82) is 0 Å². The van der Waals surface area contributed by atoms with Gasteiger partial charge in [-0.2, -0.15) is 10.2 Å². The smallest absolute Gasteiger partial charge is 0.132 e. The van der Waals surface area contributed by atoms with Gasteiger partial charge >= 0.3 is 0 Å². The molecule has 2 bridgehead atoms. The molecule has 0 radical (unpaired) electrons. The SMILES string of the molecule is CC12CCC(c3cc(-c4cc(F)ccc4F)nnc31)C2(C)C. The number of halogens is 2. The minimum Gasteiger partial charge on any atom is -0.207 e. The van der Waals surface area contributed by atoms with Crippen molar-refractivity contribution in [2.45, 2.75) is 44.9 Å². The van der Waals surface area contributed by atoms with Crippen molar-refractivity contribution in [2.75, 3.05) is 0 Å². The summed E-state index contributed by atoms with van der Waals surface area (Å²) in [5.74, 6) is -0.518. The molecule has 1 aromatic heterocycles. The molecule has 0 spiro atoms. The summed E-state index contributed by atoms with van der Waals surface area (Å²) < 4.78 is 27.4. The fourth-order valence-corrected chi connectivity index (χ4v) is 4.39. The highest BCUT2D eigenvalue weighted by molar-refractivity contribution is 5.62. The molecule has 0 aliphatic heterocycles. The van der Waals surface area contributed by atoms with Crippen LogP contribution in [-0.2, 0) is 5.41 Å². The molecule has 4 heteroatoms. The number of nitrogens with zero attached hydrogens (tertiary/aromatic N) is 2. The van der Waals surface area contributed by atoms with Crippen LogP contribution in [0.25, 0.3) is 11.3 Å². The standard InChI is InChI=1S/C18H18F2N2/c1-17(2)13-6-7-18(17,3)16-11(13)9-15(21-22-16)12-8-10(19)4-5-14(12)20/h4-5,8-9,13H,6-7H2,1-3H3. The first kappa shape index (κ1) is 13.8. The first-order valence-corrected chi connectivity index (χ1v) is 7.68. The minimum absolute atomic E-state index is 0.0268. The Morgan fingerprint density at radius 1 is 1.09 bits per heavy atom. The van der Waals surface area contributed by atoms with E-state index >= 15 is 0 Å². The van der Waals surface area contributed by atoms with Crippen LogP contribution in [0.15, 0.2) is 24.3 Å². The Morgan fingerprint density at radius 2 is 1.86 bits per heavy atom. The summed E-state index contributed by atoms with van der Waals surface area (Å²) in [5, 5.41) is 8.61. The third kappa shape index (κ3) is 1.53. The molecule has 114 valence electrons. The Morgan fingerprint density at radius 3 is 2.64 bits per heavy atom. The van der Waals surface area contributed by atoms with E-state index in [9.17, 15) is 8.78 Å². The molecule has 2 nitrogen and oxygen atoms in total. The number of fused-ring (bicyclic) bond motifs is 5. The normalized spacial score (nSPS) is 28.0. The van der Waals surface area contributed by atoms with Gasteiger partial charge in [-0.25, -0.2) is 8.78 Å². The van der Waals surface area contributed by atoms with E-state index in [1.54, 1.807) is 0 Å². The van der Waals surface area contributed by atoms with Crippen LogP contribution in [-0.4, -0.2) is 10.2 Å². The maximum absolute atomic E-state index is 14.0. The second kappa shape index (κ2) is 4.12. The lowest BCUT2D eigenvalue weighted by atomic mass is 9.70. The van der Waals surface area contributed by atoms with Gasteiger partial charge in [0, 0.05) is 11.0 Å². The summed E-state index contributed by atoms with van der Waals surface area (Å²) >= 11 is 0. The van der Waals surface area contributed by atoms with Crippen molar-refractivity contribution in [3.63, 3.8) is 0 Å². The van der Waals surface area contributed by atoms with Crippen LogP contribution < -0.4 is 0 Å². The van der Waals surface area contributed by atoms with E-state index in [0.717, 1.165) is 36.2 Å².